The molecule has 4 aromatic carbocycles. The predicted octanol–water partition coefficient (Wildman–Crippen LogP) is 6.26. The minimum atomic E-state index is -0.685. The third-order valence-corrected chi connectivity index (χ3v) is 7.77. The third-order valence-electron chi connectivity index (χ3n) is 7.77. The summed E-state index contributed by atoms with van der Waals surface area (Å²) in [4.78, 5) is 16.6. The molecule has 2 aliphatic heterocycles. The summed E-state index contributed by atoms with van der Waals surface area (Å²) in [7, 11) is 1.67. The van der Waals surface area contributed by atoms with Crippen molar-refractivity contribution in [1.29, 1.82) is 0 Å². The van der Waals surface area contributed by atoms with Crippen molar-refractivity contribution in [2.75, 3.05) is 12.0 Å². The van der Waals surface area contributed by atoms with E-state index < -0.39 is 5.41 Å². The monoisotopic (exact) mass is 474 g/mol. The van der Waals surface area contributed by atoms with Gasteiger partial charge in [-0.3, -0.25) is 4.79 Å². The first-order chi connectivity index (χ1) is 17.6. The van der Waals surface area contributed by atoms with Crippen LogP contribution in [-0.4, -0.2) is 13.0 Å². The lowest BCUT2D eigenvalue weighted by molar-refractivity contribution is -0.123. The third kappa shape index (κ3) is 3.61. The van der Waals surface area contributed by atoms with Gasteiger partial charge in [0.15, 0.2) is 0 Å². The lowest BCUT2D eigenvalue weighted by Gasteiger charge is -2.31. The number of nitrogens with one attached hydrogen (secondary N) is 1. The molecular formula is C32H30N2O2. The van der Waals surface area contributed by atoms with Crippen molar-refractivity contribution in [3.63, 3.8) is 0 Å². The second-order valence-electron chi connectivity index (χ2n) is 9.91. The van der Waals surface area contributed by atoms with E-state index in [1.807, 2.05) is 41.3 Å². The molecule has 3 atom stereocenters. The largest absolute Gasteiger partial charge is 0.497 e. The number of methoxy groups -OCH3 is 1. The molecule has 0 saturated carbocycles. The molecule has 1 fully saturated rings. The molecule has 1 saturated heterocycles. The van der Waals surface area contributed by atoms with E-state index in [-0.39, 0.29) is 18.0 Å². The lowest BCUT2D eigenvalue weighted by Crippen LogP contribution is -2.43. The maximum atomic E-state index is 14.6. The number of nitrogens with zero attached hydrogens (tertiary/aromatic N) is 1. The summed E-state index contributed by atoms with van der Waals surface area (Å²) < 4.78 is 5.33. The highest BCUT2D eigenvalue weighted by molar-refractivity contribution is 6.09. The van der Waals surface area contributed by atoms with Crippen molar-refractivity contribution >= 4 is 11.6 Å². The number of hydrogen-bond donors (Lipinski definition) is 1. The zero-order valence-electron chi connectivity index (χ0n) is 20.6. The summed E-state index contributed by atoms with van der Waals surface area (Å²) in [5.74, 6) is 0.979. The Labute approximate surface area is 212 Å². The van der Waals surface area contributed by atoms with E-state index in [9.17, 15) is 4.79 Å². The van der Waals surface area contributed by atoms with Gasteiger partial charge in [0.05, 0.1) is 25.1 Å². The molecule has 0 radical (unpaired) electrons. The van der Waals surface area contributed by atoms with Crippen LogP contribution >= 0.6 is 0 Å². The van der Waals surface area contributed by atoms with Gasteiger partial charge in [0.25, 0.3) is 0 Å². The average molecular weight is 475 g/mol. The first-order valence-electron chi connectivity index (χ1n) is 12.5. The van der Waals surface area contributed by atoms with Gasteiger partial charge in [-0.2, -0.15) is 0 Å². The van der Waals surface area contributed by atoms with Crippen LogP contribution in [0.15, 0.2) is 103 Å². The Bertz CT molecular complexity index is 1390. The van der Waals surface area contributed by atoms with Crippen LogP contribution in [0.1, 0.15) is 46.3 Å². The number of amides is 1. The zero-order chi connectivity index (χ0) is 24.7. The summed E-state index contributed by atoms with van der Waals surface area (Å²) in [5.41, 5.74) is 6.06. The molecule has 4 aromatic rings. The molecule has 3 unspecified atom stereocenters. The summed E-state index contributed by atoms with van der Waals surface area (Å²) in [6, 6.07) is 35.3. The summed E-state index contributed by atoms with van der Waals surface area (Å²) in [6.07, 6.45) is 0.713. The van der Waals surface area contributed by atoms with Crippen LogP contribution in [0, 0.1) is 6.92 Å². The Hall–Kier alpha value is -3.89. The maximum Gasteiger partial charge on any atom is 0.240 e. The fourth-order valence-corrected chi connectivity index (χ4v) is 6.02. The Morgan fingerprint density at radius 1 is 0.889 bits per heavy atom. The molecule has 2 heterocycles. The lowest BCUT2D eigenvalue weighted by atomic mass is 9.71. The Kier molecular flexibility index (Phi) is 5.62. The highest BCUT2D eigenvalue weighted by atomic mass is 16.5. The van der Waals surface area contributed by atoms with E-state index in [1.165, 1.54) is 11.1 Å². The number of fused-ring (bicyclic) bond motifs is 2. The number of benzene rings is 4. The molecule has 1 N–H and O–H groups in total. The number of hydrogen-bond acceptors (Lipinski definition) is 3. The maximum absolute atomic E-state index is 14.6. The van der Waals surface area contributed by atoms with Crippen LogP contribution in [0.25, 0.3) is 0 Å². The van der Waals surface area contributed by atoms with Gasteiger partial charge in [0.2, 0.25) is 5.91 Å². The van der Waals surface area contributed by atoms with Crippen molar-refractivity contribution in [2.45, 2.75) is 37.4 Å². The first kappa shape index (κ1) is 22.6. The van der Waals surface area contributed by atoms with Crippen molar-refractivity contribution in [3.05, 3.63) is 131 Å². The number of aryl methyl sites for hydroxylation is 1. The van der Waals surface area contributed by atoms with Crippen molar-refractivity contribution < 1.29 is 9.53 Å². The molecule has 4 nitrogen and oxygen atoms in total. The van der Waals surface area contributed by atoms with Crippen LogP contribution in [-0.2, 0) is 16.8 Å². The van der Waals surface area contributed by atoms with Crippen molar-refractivity contribution in [2.24, 2.45) is 0 Å². The average Bonchev–Trinajstić information content (AvgIpc) is 3.43. The smallest absolute Gasteiger partial charge is 0.240 e. The molecule has 36 heavy (non-hydrogen) atoms. The Balaban J connectivity index is 1.48. The van der Waals surface area contributed by atoms with Crippen molar-refractivity contribution in [3.8, 4) is 5.75 Å². The normalized spacial score (nSPS) is 22.7. The number of carbonyl (C=O) groups excluding carboxylic acids is 1. The van der Waals surface area contributed by atoms with Gasteiger partial charge in [0, 0.05) is 11.7 Å². The van der Waals surface area contributed by atoms with Gasteiger partial charge >= 0.3 is 0 Å². The van der Waals surface area contributed by atoms with E-state index >= 15 is 0 Å². The molecule has 0 aliphatic carbocycles. The van der Waals surface area contributed by atoms with Crippen LogP contribution in [0.3, 0.4) is 0 Å². The molecular weight excluding hydrogens is 444 g/mol. The second-order valence-corrected chi connectivity index (χ2v) is 9.91. The van der Waals surface area contributed by atoms with E-state index in [1.54, 1.807) is 7.11 Å². The van der Waals surface area contributed by atoms with Gasteiger partial charge in [0.1, 0.15) is 5.75 Å². The second kappa shape index (κ2) is 8.96. The van der Waals surface area contributed by atoms with Gasteiger partial charge in [-0.05, 0) is 53.8 Å². The highest BCUT2D eigenvalue weighted by Gasteiger charge is 2.60. The fraction of sp³-hybridized carbons (Fsp3) is 0.219. The summed E-state index contributed by atoms with van der Waals surface area (Å²) in [6.45, 7) is 2.64. The molecule has 180 valence electrons. The van der Waals surface area contributed by atoms with E-state index in [2.05, 4.69) is 79.0 Å². The number of ether oxygens (including phenoxy) is 1. The number of rotatable bonds is 5. The summed E-state index contributed by atoms with van der Waals surface area (Å²) in [5, 5.41) is 3.88. The highest BCUT2D eigenvalue weighted by Crippen LogP contribution is 2.57. The van der Waals surface area contributed by atoms with Crippen LogP contribution in [0.4, 0.5) is 5.69 Å². The van der Waals surface area contributed by atoms with E-state index in [0.29, 0.717) is 13.0 Å². The molecule has 0 aromatic heterocycles. The molecule has 4 heteroatoms. The molecule has 1 spiro atoms. The zero-order valence-corrected chi connectivity index (χ0v) is 20.6. The van der Waals surface area contributed by atoms with Gasteiger partial charge in [-0.25, -0.2) is 0 Å². The predicted molar refractivity (Wildman–Crippen MR) is 143 cm³/mol. The number of anilines is 1. The van der Waals surface area contributed by atoms with Crippen LogP contribution < -0.4 is 15.0 Å². The molecule has 6 rings (SSSR count). The topological polar surface area (TPSA) is 41.6 Å². The van der Waals surface area contributed by atoms with Crippen molar-refractivity contribution in [1.82, 2.24) is 5.32 Å². The number of carbonyl (C=O) groups is 1. The van der Waals surface area contributed by atoms with Crippen LogP contribution in [0.2, 0.25) is 0 Å². The van der Waals surface area contributed by atoms with Crippen LogP contribution in [0.5, 0.6) is 5.75 Å². The van der Waals surface area contributed by atoms with Gasteiger partial charge in [-0.1, -0.05) is 90.5 Å². The molecule has 0 bridgehead atoms. The SMILES string of the molecule is COc1ccc(CN2C(=O)C3(CC(c4ccccc4)NC3c3ccccc3)c3cc(C)ccc32)cc1. The quantitative estimate of drug-likeness (QED) is 0.371. The van der Waals surface area contributed by atoms with Gasteiger partial charge < -0.3 is 15.0 Å². The van der Waals surface area contributed by atoms with Gasteiger partial charge in [-0.15, -0.1) is 0 Å². The van der Waals surface area contributed by atoms with E-state index in [4.69, 9.17) is 4.74 Å². The Morgan fingerprint density at radius 2 is 1.56 bits per heavy atom. The molecule has 1 amide bonds. The molecule has 2 aliphatic rings. The standard InChI is InChI=1S/C32H30N2O2/c1-22-13-18-29-27(19-22)32(31(35)34(29)21-23-14-16-26(36-2)17-15-23)20-28(24-9-5-3-6-10-24)33-30(32)25-11-7-4-8-12-25/h3-19,28,30,33H,20-21H2,1-2H3. The summed E-state index contributed by atoms with van der Waals surface area (Å²) >= 11 is 0. The first-order valence-corrected chi connectivity index (χ1v) is 12.5. The minimum absolute atomic E-state index is 0.0784. The minimum Gasteiger partial charge on any atom is -0.497 e. The fourth-order valence-electron chi connectivity index (χ4n) is 6.02. The Morgan fingerprint density at radius 3 is 2.22 bits per heavy atom. The van der Waals surface area contributed by atoms with E-state index in [0.717, 1.165) is 28.1 Å².